The molecule has 0 saturated heterocycles. The number of nitrogens with zero attached hydrogens (tertiary/aromatic N) is 2. The monoisotopic (exact) mass is 256 g/mol. The average molecular weight is 257 g/mol. The van der Waals surface area contributed by atoms with Crippen molar-refractivity contribution in [3.05, 3.63) is 22.8 Å². The summed E-state index contributed by atoms with van der Waals surface area (Å²) in [5.41, 5.74) is 0.386. The van der Waals surface area contributed by atoms with E-state index in [2.05, 4.69) is 9.72 Å². The number of aromatic nitrogens is 1. The standard InChI is InChI=1S/C10H9ClN2O2S/c1-15-8(14)3-5-16-10-9(11)7(6-12)2-4-13-10/h2,4H,3,5H2,1H3. The Bertz CT molecular complexity index is 431. The van der Waals surface area contributed by atoms with Gasteiger partial charge in [-0.05, 0) is 6.07 Å². The van der Waals surface area contributed by atoms with E-state index >= 15 is 0 Å². The fourth-order valence-electron chi connectivity index (χ4n) is 0.945. The van der Waals surface area contributed by atoms with Crippen LogP contribution in [-0.2, 0) is 9.53 Å². The van der Waals surface area contributed by atoms with Crippen LogP contribution in [0.2, 0.25) is 5.02 Å². The number of ether oxygens (including phenoxy) is 1. The highest BCUT2D eigenvalue weighted by Gasteiger charge is 2.08. The molecule has 1 aromatic rings. The fraction of sp³-hybridized carbons (Fsp3) is 0.300. The number of hydrogen-bond donors (Lipinski definition) is 0. The van der Waals surface area contributed by atoms with Crippen molar-refractivity contribution in [2.45, 2.75) is 11.4 Å². The lowest BCUT2D eigenvalue weighted by atomic mass is 10.3. The van der Waals surface area contributed by atoms with Gasteiger partial charge in [0.15, 0.2) is 0 Å². The van der Waals surface area contributed by atoms with Crippen molar-refractivity contribution in [1.82, 2.24) is 4.98 Å². The second-order valence-corrected chi connectivity index (χ2v) is 4.23. The quantitative estimate of drug-likeness (QED) is 0.611. The Labute approximate surface area is 103 Å². The third-order valence-corrected chi connectivity index (χ3v) is 3.24. The van der Waals surface area contributed by atoms with E-state index in [0.717, 1.165) is 0 Å². The number of carbonyl (C=O) groups is 1. The lowest BCUT2D eigenvalue weighted by molar-refractivity contribution is -0.140. The molecule has 0 unspecified atom stereocenters. The first-order chi connectivity index (χ1) is 7.69. The predicted molar refractivity (Wildman–Crippen MR) is 61.3 cm³/mol. The third-order valence-electron chi connectivity index (χ3n) is 1.75. The van der Waals surface area contributed by atoms with E-state index in [1.807, 2.05) is 6.07 Å². The molecule has 1 rings (SSSR count). The number of esters is 1. The number of carbonyl (C=O) groups excluding carboxylic acids is 1. The maximum atomic E-state index is 10.9. The van der Waals surface area contributed by atoms with Gasteiger partial charge in [0.1, 0.15) is 11.1 Å². The zero-order chi connectivity index (χ0) is 12.0. The number of nitriles is 1. The highest BCUT2D eigenvalue weighted by Crippen LogP contribution is 2.27. The van der Waals surface area contributed by atoms with Gasteiger partial charge in [-0.25, -0.2) is 4.98 Å². The van der Waals surface area contributed by atoms with E-state index in [1.54, 1.807) is 6.07 Å². The van der Waals surface area contributed by atoms with Crippen molar-refractivity contribution in [3.8, 4) is 6.07 Å². The van der Waals surface area contributed by atoms with Crippen LogP contribution >= 0.6 is 23.4 Å². The molecule has 0 aliphatic rings. The van der Waals surface area contributed by atoms with Gasteiger partial charge in [0.25, 0.3) is 0 Å². The van der Waals surface area contributed by atoms with Crippen molar-refractivity contribution in [2.24, 2.45) is 0 Å². The lowest BCUT2D eigenvalue weighted by Crippen LogP contribution is -2.01. The summed E-state index contributed by atoms with van der Waals surface area (Å²) in [6.45, 7) is 0. The van der Waals surface area contributed by atoms with E-state index < -0.39 is 0 Å². The summed E-state index contributed by atoms with van der Waals surface area (Å²) in [6, 6.07) is 3.52. The first-order valence-corrected chi connectivity index (χ1v) is 5.79. The molecule has 84 valence electrons. The highest BCUT2D eigenvalue weighted by molar-refractivity contribution is 7.99. The molecule has 0 amide bonds. The Morgan fingerprint density at radius 1 is 1.75 bits per heavy atom. The average Bonchev–Trinajstić information content (AvgIpc) is 2.31. The molecular formula is C10H9ClN2O2S. The molecule has 0 saturated carbocycles. The molecule has 0 aromatic carbocycles. The Balaban J connectivity index is 2.61. The number of rotatable bonds is 4. The van der Waals surface area contributed by atoms with Crippen molar-refractivity contribution < 1.29 is 9.53 Å². The van der Waals surface area contributed by atoms with E-state index in [0.29, 0.717) is 21.4 Å². The Hall–Kier alpha value is -1.25. The molecule has 0 aliphatic heterocycles. The van der Waals surface area contributed by atoms with Gasteiger partial charge in [-0.15, -0.1) is 11.8 Å². The van der Waals surface area contributed by atoms with Crippen molar-refractivity contribution >= 4 is 29.3 Å². The number of halogens is 1. The van der Waals surface area contributed by atoms with E-state index in [9.17, 15) is 4.79 Å². The van der Waals surface area contributed by atoms with E-state index in [4.69, 9.17) is 16.9 Å². The number of thioether (sulfide) groups is 1. The van der Waals surface area contributed by atoms with Gasteiger partial charge in [0.2, 0.25) is 0 Å². The topological polar surface area (TPSA) is 63.0 Å². The molecule has 1 aromatic heterocycles. The van der Waals surface area contributed by atoms with Gasteiger partial charge < -0.3 is 4.74 Å². The smallest absolute Gasteiger partial charge is 0.306 e. The molecule has 0 radical (unpaired) electrons. The van der Waals surface area contributed by atoms with Gasteiger partial charge in [-0.3, -0.25) is 4.79 Å². The highest BCUT2D eigenvalue weighted by atomic mass is 35.5. The molecule has 4 nitrogen and oxygen atoms in total. The predicted octanol–water partition coefficient (Wildman–Crippen LogP) is 2.26. The first-order valence-electron chi connectivity index (χ1n) is 4.43. The van der Waals surface area contributed by atoms with Crippen molar-refractivity contribution in [1.29, 1.82) is 5.26 Å². The minimum Gasteiger partial charge on any atom is -0.469 e. The summed E-state index contributed by atoms with van der Waals surface area (Å²) in [5.74, 6) is 0.244. The molecular weight excluding hydrogens is 248 g/mol. The van der Waals surface area contributed by atoms with Crippen LogP contribution in [0.25, 0.3) is 0 Å². The Morgan fingerprint density at radius 3 is 3.12 bits per heavy atom. The van der Waals surface area contributed by atoms with E-state index in [-0.39, 0.29) is 12.4 Å². The zero-order valence-corrected chi connectivity index (χ0v) is 10.1. The summed E-state index contributed by atoms with van der Waals surface area (Å²) in [6.07, 6.45) is 1.81. The van der Waals surface area contributed by atoms with Crippen LogP contribution in [-0.4, -0.2) is 23.8 Å². The number of hydrogen-bond acceptors (Lipinski definition) is 5. The van der Waals surface area contributed by atoms with Crippen LogP contribution in [0.15, 0.2) is 17.3 Å². The summed E-state index contributed by atoms with van der Waals surface area (Å²) in [5, 5.41) is 9.64. The van der Waals surface area contributed by atoms with Crippen molar-refractivity contribution in [2.75, 3.05) is 12.9 Å². The van der Waals surface area contributed by atoms with Gasteiger partial charge in [-0.1, -0.05) is 11.6 Å². The van der Waals surface area contributed by atoms with Gasteiger partial charge in [-0.2, -0.15) is 5.26 Å². The maximum Gasteiger partial charge on any atom is 0.306 e. The number of pyridine rings is 1. The van der Waals surface area contributed by atoms with Gasteiger partial charge >= 0.3 is 5.97 Å². The first kappa shape index (κ1) is 12.8. The van der Waals surface area contributed by atoms with Crippen LogP contribution < -0.4 is 0 Å². The Morgan fingerprint density at radius 2 is 2.50 bits per heavy atom. The summed E-state index contributed by atoms with van der Waals surface area (Å²) in [4.78, 5) is 14.9. The van der Waals surface area contributed by atoms with Crippen LogP contribution in [0.1, 0.15) is 12.0 Å². The van der Waals surface area contributed by atoms with Gasteiger partial charge in [0, 0.05) is 11.9 Å². The SMILES string of the molecule is COC(=O)CCSc1nccc(C#N)c1Cl. The van der Waals surface area contributed by atoms with Crippen LogP contribution in [0.3, 0.4) is 0 Å². The minimum atomic E-state index is -0.278. The van der Waals surface area contributed by atoms with Crippen LogP contribution in [0, 0.1) is 11.3 Å². The van der Waals surface area contributed by atoms with Gasteiger partial charge in [0.05, 0.1) is 24.1 Å². The molecule has 0 N–H and O–H groups in total. The van der Waals surface area contributed by atoms with Crippen LogP contribution in [0.5, 0.6) is 0 Å². The fourth-order valence-corrected chi connectivity index (χ4v) is 2.10. The minimum absolute atomic E-state index is 0.278. The van der Waals surface area contributed by atoms with Crippen LogP contribution in [0.4, 0.5) is 0 Å². The molecule has 0 spiro atoms. The van der Waals surface area contributed by atoms with E-state index in [1.165, 1.54) is 25.1 Å². The summed E-state index contributed by atoms with van der Waals surface area (Å²) < 4.78 is 4.51. The second kappa shape index (κ2) is 6.36. The maximum absolute atomic E-state index is 10.9. The Kier molecular flexibility index (Phi) is 5.09. The second-order valence-electron chi connectivity index (χ2n) is 2.76. The molecule has 0 fully saturated rings. The molecule has 0 bridgehead atoms. The molecule has 1 heterocycles. The summed E-state index contributed by atoms with van der Waals surface area (Å²) >= 11 is 7.26. The largest absolute Gasteiger partial charge is 0.469 e. The number of methoxy groups -OCH3 is 1. The normalized spacial score (nSPS) is 9.56. The molecule has 16 heavy (non-hydrogen) atoms. The lowest BCUT2D eigenvalue weighted by Gasteiger charge is -2.03. The zero-order valence-electron chi connectivity index (χ0n) is 8.57. The molecule has 0 aliphatic carbocycles. The summed E-state index contributed by atoms with van der Waals surface area (Å²) in [7, 11) is 1.34. The van der Waals surface area contributed by atoms with Crippen molar-refractivity contribution in [3.63, 3.8) is 0 Å². The molecule has 0 atom stereocenters. The third kappa shape index (κ3) is 3.40. The molecule has 6 heteroatoms.